The largest absolute Gasteiger partial charge is 0.486 e. The van der Waals surface area contributed by atoms with Crippen molar-refractivity contribution in [2.45, 2.75) is 78.5 Å². The Labute approximate surface area is 188 Å². The van der Waals surface area contributed by atoms with E-state index in [0.717, 1.165) is 47.6 Å². The lowest BCUT2D eigenvalue weighted by Crippen LogP contribution is -2.53. The summed E-state index contributed by atoms with van der Waals surface area (Å²) in [6, 6.07) is 6.00. The molecule has 1 fully saturated rings. The third kappa shape index (κ3) is 7.06. The van der Waals surface area contributed by atoms with E-state index in [1.807, 2.05) is 39.8 Å². The lowest BCUT2D eigenvalue weighted by atomic mass is 9.90. The van der Waals surface area contributed by atoms with Crippen LogP contribution in [0.25, 0.3) is 0 Å². The van der Waals surface area contributed by atoms with Gasteiger partial charge in [0.05, 0.1) is 0 Å². The molecule has 168 valence electrons. The van der Waals surface area contributed by atoms with Crippen molar-refractivity contribution in [2.24, 2.45) is 5.92 Å². The molecule has 1 aromatic carbocycles. The number of benzene rings is 1. The molecule has 3 rings (SSSR count). The van der Waals surface area contributed by atoms with Crippen LogP contribution in [-0.2, 0) is 11.4 Å². The Kier molecular flexibility index (Phi) is 8.07. The van der Waals surface area contributed by atoms with E-state index in [-0.39, 0.29) is 23.9 Å². The molecule has 31 heavy (non-hydrogen) atoms. The minimum absolute atomic E-state index is 0.0186. The van der Waals surface area contributed by atoms with Crippen LogP contribution in [0, 0.1) is 19.8 Å². The molecule has 0 spiro atoms. The van der Waals surface area contributed by atoms with Gasteiger partial charge >= 0.3 is 0 Å². The van der Waals surface area contributed by atoms with E-state index >= 15 is 0 Å². The SMILES string of the molecule is Cc1cc(C)cc(OCc2nc(C(=O)N[C@H]3CCCC[C@@H]3NC(=O)CC(C)C)cs2)c1. The number of rotatable bonds is 8. The molecule has 1 saturated carbocycles. The van der Waals surface area contributed by atoms with Gasteiger partial charge in [-0.15, -0.1) is 11.3 Å². The fourth-order valence-electron chi connectivity index (χ4n) is 4.00. The summed E-state index contributed by atoms with van der Waals surface area (Å²) in [6.07, 6.45) is 4.38. The number of carbonyl (C=O) groups excluding carboxylic acids is 2. The molecule has 1 heterocycles. The Morgan fingerprint density at radius 3 is 2.39 bits per heavy atom. The number of nitrogens with zero attached hydrogens (tertiary/aromatic N) is 1. The number of hydrogen-bond acceptors (Lipinski definition) is 5. The van der Waals surface area contributed by atoms with E-state index in [4.69, 9.17) is 4.74 Å². The third-order valence-electron chi connectivity index (χ3n) is 5.36. The number of amides is 2. The molecule has 2 aromatic rings. The molecule has 2 N–H and O–H groups in total. The van der Waals surface area contributed by atoms with Crippen LogP contribution < -0.4 is 15.4 Å². The number of carbonyl (C=O) groups is 2. The van der Waals surface area contributed by atoms with Crippen LogP contribution in [-0.4, -0.2) is 28.9 Å². The minimum Gasteiger partial charge on any atom is -0.486 e. The van der Waals surface area contributed by atoms with Gasteiger partial charge in [0.1, 0.15) is 23.1 Å². The first-order chi connectivity index (χ1) is 14.8. The topological polar surface area (TPSA) is 80.3 Å². The summed E-state index contributed by atoms with van der Waals surface area (Å²) in [7, 11) is 0. The summed E-state index contributed by atoms with van der Waals surface area (Å²) in [5.41, 5.74) is 2.70. The first kappa shape index (κ1) is 23.3. The molecule has 0 bridgehead atoms. The van der Waals surface area contributed by atoms with Crippen LogP contribution in [0.4, 0.5) is 0 Å². The van der Waals surface area contributed by atoms with Gasteiger partial charge in [-0.1, -0.05) is 32.8 Å². The van der Waals surface area contributed by atoms with E-state index in [1.165, 1.54) is 11.3 Å². The predicted molar refractivity (Wildman–Crippen MR) is 123 cm³/mol. The van der Waals surface area contributed by atoms with Crippen molar-refractivity contribution >= 4 is 23.2 Å². The van der Waals surface area contributed by atoms with Crippen molar-refractivity contribution in [1.29, 1.82) is 0 Å². The van der Waals surface area contributed by atoms with Gasteiger partial charge in [0.25, 0.3) is 5.91 Å². The highest BCUT2D eigenvalue weighted by Gasteiger charge is 2.28. The lowest BCUT2D eigenvalue weighted by molar-refractivity contribution is -0.122. The van der Waals surface area contributed by atoms with Crippen molar-refractivity contribution in [1.82, 2.24) is 15.6 Å². The van der Waals surface area contributed by atoms with Crippen LogP contribution >= 0.6 is 11.3 Å². The maximum absolute atomic E-state index is 12.8. The van der Waals surface area contributed by atoms with Crippen molar-refractivity contribution in [3.8, 4) is 5.75 Å². The molecule has 2 amide bonds. The molecule has 0 unspecified atom stereocenters. The third-order valence-corrected chi connectivity index (χ3v) is 6.19. The standard InChI is InChI=1S/C24H33N3O3S/c1-15(2)9-22(28)25-19-7-5-6-8-20(19)27-24(29)21-14-31-23(26-21)13-30-18-11-16(3)10-17(4)12-18/h10-12,14-15,19-20H,5-9,13H2,1-4H3,(H,25,28)(H,27,29)/t19-,20-/m0/s1. The smallest absolute Gasteiger partial charge is 0.271 e. The zero-order valence-electron chi connectivity index (χ0n) is 18.9. The molecule has 0 aliphatic heterocycles. The number of hydrogen-bond donors (Lipinski definition) is 2. The highest BCUT2D eigenvalue weighted by Crippen LogP contribution is 2.21. The average molecular weight is 444 g/mol. The fourth-order valence-corrected chi connectivity index (χ4v) is 4.68. The van der Waals surface area contributed by atoms with Gasteiger partial charge in [-0.2, -0.15) is 0 Å². The zero-order chi connectivity index (χ0) is 22.4. The number of aryl methyl sites for hydroxylation is 2. The molecule has 1 aromatic heterocycles. The highest BCUT2D eigenvalue weighted by molar-refractivity contribution is 7.09. The van der Waals surface area contributed by atoms with Gasteiger partial charge in [0.2, 0.25) is 5.91 Å². The van der Waals surface area contributed by atoms with E-state index in [2.05, 4.69) is 21.7 Å². The summed E-state index contributed by atoms with van der Waals surface area (Å²) in [5.74, 6) is 0.987. The van der Waals surface area contributed by atoms with Crippen LogP contribution in [0.15, 0.2) is 23.6 Å². The van der Waals surface area contributed by atoms with Crippen LogP contribution in [0.5, 0.6) is 5.75 Å². The quantitative estimate of drug-likeness (QED) is 0.628. The van der Waals surface area contributed by atoms with E-state index in [9.17, 15) is 9.59 Å². The average Bonchev–Trinajstić information content (AvgIpc) is 3.16. The first-order valence-electron chi connectivity index (χ1n) is 11.1. The van der Waals surface area contributed by atoms with Gasteiger partial charge in [0, 0.05) is 23.9 Å². The molecule has 0 saturated heterocycles. The Hall–Kier alpha value is -2.41. The van der Waals surface area contributed by atoms with E-state index in [1.54, 1.807) is 5.38 Å². The van der Waals surface area contributed by atoms with Crippen LogP contribution in [0.1, 0.15) is 72.6 Å². The van der Waals surface area contributed by atoms with E-state index in [0.29, 0.717) is 24.6 Å². The van der Waals surface area contributed by atoms with Gasteiger partial charge in [-0.3, -0.25) is 9.59 Å². The fraction of sp³-hybridized carbons (Fsp3) is 0.542. The van der Waals surface area contributed by atoms with Gasteiger partial charge in [-0.05, 0) is 55.9 Å². The molecule has 1 aliphatic rings. The predicted octanol–water partition coefficient (Wildman–Crippen LogP) is 4.54. The number of ether oxygens (including phenoxy) is 1. The summed E-state index contributed by atoms with van der Waals surface area (Å²) in [5, 5.41) is 8.74. The Bertz CT molecular complexity index is 889. The van der Waals surface area contributed by atoms with Gasteiger partial charge < -0.3 is 15.4 Å². The number of aromatic nitrogens is 1. The summed E-state index contributed by atoms with van der Waals surface area (Å²) >= 11 is 1.42. The lowest BCUT2D eigenvalue weighted by Gasteiger charge is -2.32. The summed E-state index contributed by atoms with van der Waals surface area (Å²) in [6.45, 7) is 8.47. The Morgan fingerprint density at radius 1 is 1.10 bits per heavy atom. The molecular formula is C24H33N3O3S. The second kappa shape index (κ2) is 10.8. The zero-order valence-corrected chi connectivity index (χ0v) is 19.7. The number of nitrogens with one attached hydrogen (secondary N) is 2. The van der Waals surface area contributed by atoms with Crippen molar-refractivity contribution in [3.63, 3.8) is 0 Å². The molecule has 6 nitrogen and oxygen atoms in total. The monoisotopic (exact) mass is 443 g/mol. The Morgan fingerprint density at radius 2 is 1.74 bits per heavy atom. The molecule has 0 radical (unpaired) electrons. The maximum atomic E-state index is 12.8. The molecular weight excluding hydrogens is 410 g/mol. The van der Waals surface area contributed by atoms with E-state index < -0.39 is 0 Å². The maximum Gasteiger partial charge on any atom is 0.271 e. The molecule has 2 atom stereocenters. The van der Waals surface area contributed by atoms with Gasteiger partial charge in [-0.25, -0.2) is 4.98 Å². The molecule has 1 aliphatic carbocycles. The van der Waals surface area contributed by atoms with Crippen molar-refractivity contribution in [2.75, 3.05) is 0 Å². The summed E-state index contributed by atoms with van der Waals surface area (Å²) in [4.78, 5) is 29.4. The normalized spacial score (nSPS) is 18.6. The highest BCUT2D eigenvalue weighted by atomic mass is 32.1. The summed E-state index contributed by atoms with van der Waals surface area (Å²) < 4.78 is 5.86. The van der Waals surface area contributed by atoms with Crippen molar-refractivity contribution in [3.05, 3.63) is 45.4 Å². The van der Waals surface area contributed by atoms with Crippen LogP contribution in [0.2, 0.25) is 0 Å². The first-order valence-corrected chi connectivity index (χ1v) is 11.9. The number of thiazole rings is 1. The Balaban J connectivity index is 1.56. The minimum atomic E-state index is -0.191. The molecule has 7 heteroatoms. The second-order valence-corrected chi connectivity index (χ2v) is 9.82. The van der Waals surface area contributed by atoms with Crippen LogP contribution in [0.3, 0.4) is 0 Å². The van der Waals surface area contributed by atoms with Crippen molar-refractivity contribution < 1.29 is 14.3 Å². The second-order valence-electron chi connectivity index (χ2n) is 8.87. The van der Waals surface area contributed by atoms with Gasteiger partial charge in [0.15, 0.2) is 0 Å².